The van der Waals surface area contributed by atoms with Gasteiger partial charge in [0.05, 0.1) is 0 Å². The summed E-state index contributed by atoms with van der Waals surface area (Å²) < 4.78 is 0. The van der Waals surface area contributed by atoms with Crippen LogP contribution in [0.1, 0.15) is 113 Å². The summed E-state index contributed by atoms with van der Waals surface area (Å²) in [5, 5.41) is 0. The lowest BCUT2D eigenvalue weighted by Gasteiger charge is -2.17. The SMILES string of the molecule is C=CC(C)C/C=C(/C/C=C(\C)CC/C=C(\C)CCC=C(C)C)C(C)CCCC(C)C. The fourth-order valence-electron chi connectivity index (χ4n) is 3.57. The molecule has 0 bridgehead atoms. The molecule has 172 valence electrons. The van der Waals surface area contributed by atoms with E-state index < -0.39 is 0 Å². The van der Waals surface area contributed by atoms with Gasteiger partial charge in [-0.2, -0.15) is 0 Å². The van der Waals surface area contributed by atoms with E-state index in [9.17, 15) is 0 Å². The Balaban J connectivity index is 4.74. The zero-order chi connectivity index (χ0) is 22.9. The molecule has 0 aliphatic rings. The number of rotatable bonds is 16. The van der Waals surface area contributed by atoms with Crippen molar-refractivity contribution in [3.05, 3.63) is 59.3 Å². The van der Waals surface area contributed by atoms with Crippen molar-refractivity contribution in [3.63, 3.8) is 0 Å². The molecule has 0 amide bonds. The molecular formula is C30H52. The smallest absolute Gasteiger partial charge is 0.0134 e. The summed E-state index contributed by atoms with van der Waals surface area (Å²) in [4.78, 5) is 0. The van der Waals surface area contributed by atoms with Crippen LogP contribution in [-0.4, -0.2) is 0 Å². The van der Waals surface area contributed by atoms with Crippen LogP contribution in [0.25, 0.3) is 0 Å². The lowest BCUT2D eigenvalue weighted by molar-refractivity contribution is 0.487. The fourth-order valence-corrected chi connectivity index (χ4v) is 3.57. The minimum Gasteiger partial charge on any atom is -0.103 e. The third kappa shape index (κ3) is 16.5. The van der Waals surface area contributed by atoms with E-state index in [0.29, 0.717) is 11.8 Å². The van der Waals surface area contributed by atoms with Crippen LogP contribution in [0.2, 0.25) is 0 Å². The van der Waals surface area contributed by atoms with Crippen LogP contribution in [-0.2, 0) is 0 Å². The van der Waals surface area contributed by atoms with Crippen LogP contribution in [0.3, 0.4) is 0 Å². The van der Waals surface area contributed by atoms with Crippen molar-refractivity contribution in [2.45, 2.75) is 113 Å². The first-order valence-electron chi connectivity index (χ1n) is 12.4. The number of hydrogen-bond donors (Lipinski definition) is 0. The third-order valence-corrected chi connectivity index (χ3v) is 6.01. The molecule has 0 aliphatic carbocycles. The van der Waals surface area contributed by atoms with E-state index >= 15 is 0 Å². The molecule has 0 aromatic heterocycles. The highest BCUT2D eigenvalue weighted by atomic mass is 14.1. The average Bonchev–Trinajstić information content (AvgIpc) is 2.66. The van der Waals surface area contributed by atoms with Gasteiger partial charge in [0.1, 0.15) is 0 Å². The van der Waals surface area contributed by atoms with E-state index in [1.54, 1.807) is 5.57 Å². The maximum absolute atomic E-state index is 3.95. The second-order valence-corrected chi connectivity index (χ2v) is 10.1. The maximum atomic E-state index is 3.95. The monoisotopic (exact) mass is 412 g/mol. The summed E-state index contributed by atoms with van der Waals surface area (Å²) in [5.41, 5.74) is 6.10. The summed E-state index contributed by atoms with van der Waals surface area (Å²) in [5.74, 6) is 2.06. The zero-order valence-corrected chi connectivity index (χ0v) is 21.7. The first kappa shape index (κ1) is 28.7. The Morgan fingerprint density at radius 3 is 1.93 bits per heavy atom. The van der Waals surface area contributed by atoms with E-state index in [1.165, 1.54) is 61.7 Å². The van der Waals surface area contributed by atoms with E-state index in [2.05, 4.69) is 92.3 Å². The van der Waals surface area contributed by atoms with Gasteiger partial charge in [-0.25, -0.2) is 0 Å². The topological polar surface area (TPSA) is 0 Å². The molecule has 2 unspecified atom stereocenters. The van der Waals surface area contributed by atoms with Crippen LogP contribution in [0.5, 0.6) is 0 Å². The summed E-state index contributed by atoms with van der Waals surface area (Å²) in [6.07, 6.45) is 22.8. The molecule has 0 fully saturated rings. The van der Waals surface area contributed by atoms with Crippen molar-refractivity contribution < 1.29 is 0 Å². The predicted octanol–water partition coefficient (Wildman–Crippen LogP) is 10.4. The van der Waals surface area contributed by atoms with Crippen LogP contribution in [0, 0.1) is 17.8 Å². The Labute approximate surface area is 190 Å². The molecule has 0 heterocycles. The van der Waals surface area contributed by atoms with E-state index in [0.717, 1.165) is 18.8 Å². The molecule has 30 heavy (non-hydrogen) atoms. The molecular weight excluding hydrogens is 360 g/mol. The maximum Gasteiger partial charge on any atom is -0.0134 e. The number of hydrogen-bond acceptors (Lipinski definition) is 0. The van der Waals surface area contributed by atoms with Crippen LogP contribution in [0.4, 0.5) is 0 Å². The van der Waals surface area contributed by atoms with Gasteiger partial charge in [0.25, 0.3) is 0 Å². The molecule has 0 aromatic carbocycles. The predicted molar refractivity (Wildman–Crippen MR) is 140 cm³/mol. The second kappa shape index (κ2) is 17.4. The van der Waals surface area contributed by atoms with Crippen LogP contribution in [0.15, 0.2) is 59.3 Å². The lowest BCUT2D eigenvalue weighted by atomic mass is 9.89. The third-order valence-electron chi connectivity index (χ3n) is 6.01. The molecule has 0 N–H and O–H groups in total. The van der Waals surface area contributed by atoms with Gasteiger partial charge < -0.3 is 0 Å². The quantitative estimate of drug-likeness (QED) is 0.221. The van der Waals surface area contributed by atoms with Crippen molar-refractivity contribution in [3.8, 4) is 0 Å². The Bertz CT molecular complexity index is 575. The van der Waals surface area contributed by atoms with Gasteiger partial charge in [0.2, 0.25) is 0 Å². The Kier molecular flexibility index (Phi) is 16.6. The normalized spacial score (nSPS) is 15.3. The van der Waals surface area contributed by atoms with Gasteiger partial charge in [-0.15, -0.1) is 6.58 Å². The van der Waals surface area contributed by atoms with Crippen LogP contribution < -0.4 is 0 Å². The molecule has 0 spiro atoms. The molecule has 0 aromatic rings. The Morgan fingerprint density at radius 1 is 0.767 bits per heavy atom. The van der Waals surface area contributed by atoms with Crippen LogP contribution >= 0.6 is 0 Å². The van der Waals surface area contributed by atoms with Crippen molar-refractivity contribution in [2.24, 2.45) is 17.8 Å². The minimum absolute atomic E-state index is 0.562. The van der Waals surface area contributed by atoms with Gasteiger partial charge in [-0.3, -0.25) is 0 Å². The van der Waals surface area contributed by atoms with Crippen molar-refractivity contribution in [2.75, 3.05) is 0 Å². The largest absolute Gasteiger partial charge is 0.103 e. The van der Waals surface area contributed by atoms with Gasteiger partial charge in [0, 0.05) is 0 Å². The molecule has 0 radical (unpaired) electrons. The minimum atomic E-state index is 0.562. The second-order valence-electron chi connectivity index (χ2n) is 10.1. The number of allylic oxidation sites excluding steroid dienone is 9. The average molecular weight is 413 g/mol. The highest BCUT2D eigenvalue weighted by Crippen LogP contribution is 2.25. The highest BCUT2D eigenvalue weighted by Gasteiger charge is 2.09. The molecule has 0 saturated carbocycles. The summed E-state index contributed by atoms with van der Waals surface area (Å²) in [6, 6.07) is 0. The van der Waals surface area contributed by atoms with Gasteiger partial charge in [-0.1, -0.05) is 93.2 Å². The van der Waals surface area contributed by atoms with Gasteiger partial charge in [0.15, 0.2) is 0 Å². The summed E-state index contributed by atoms with van der Waals surface area (Å²) >= 11 is 0. The first-order valence-corrected chi connectivity index (χ1v) is 12.4. The van der Waals surface area contributed by atoms with Crippen molar-refractivity contribution in [1.29, 1.82) is 0 Å². The summed E-state index contributed by atoms with van der Waals surface area (Å²) in [6.45, 7) is 22.2. The lowest BCUT2D eigenvalue weighted by Crippen LogP contribution is -2.02. The molecule has 0 saturated heterocycles. The van der Waals surface area contributed by atoms with Crippen molar-refractivity contribution in [1.82, 2.24) is 0 Å². The fraction of sp³-hybridized carbons (Fsp3) is 0.667. The Hall–Kier alpha value is -1.30. The molecule has 2 atom stereocenters. The van der Waals surface area contributed by atoms with E-state index in [1.807, 2.05) is 0 Å². The van der Waals surface area contributed by atoms with Gasteiger partial charge in [-0.05, 0) is 90.4 Å². The summed E-state index contributed by atoms with van der Waals surface area (Å²) in [7, 11) is 0. The first-order chi connectivity index (χ1) is 14.1. The molecule has 0 nitrogen and oxygen atoms in total. The molecule has 0 aliphatic heterocycles. The molecule has 0 heteroatoms. The van der Waals surface area contributed by atoms with E-state index in [-0.39, 0.29) is 0 Å². The van der Waals surface area contributed by atoms with E-state index in [4.69, 9.17) is 0 Å². The standard InChI is InChI=1S/C30H52/c1-10-26(6)20-22-30(29(9)19-12-15-25(4)5)23-21-28(8)18-13-17-27(7)16-11-14-24(2)3/h10,14,17,21-22,25-26,29H,1,11-13,15-16,18-20,23H2,2-9H3/b27-17+,28-21+,30-22-. The highest BCUT2D eigenvalue weighted by molar-refractivity contribution is 5.15. The zero-order valence-electron chi connectivity index (χ0n) is 21.7. The molecule has 0 rings (SSSR count). The van der Waals surface area contributed by atoms with Crippen molar-refractivity contribution >= 4 is 0 Å². The Morgan fingerprint density at radius 2 is 1.37 bits per heavy atom. The van der Waals surface area contributed by atoms with Gasteiger partial charge >= 0.3 is 0 Å².